The van der Waals surface area contributed by atoms with Crippen LogP contribution in [0.3, 0.4) is 0 Å². The Morgan fingerprint density at radius 1 is 0.980 bits per heavy atom. The predicted octanol–water partition coefficient (Wildman–Crippen LogP) is 3.15. The van der Waals surface area contributed by atoms with E-state index >= 15 is 0 Å². The van der Waals surface area contributed by atoms with Crippen LogP contribution in [0.25, 0.3) is 28.1 Å². The van der Waals surface area contributed by atoms with Crippen LogP contribution in [0.2, 0.25) is 0 Å². The molecular formula is C34H38N8O7S. The maximum atomic E-state index is 14.0. The minimum atomic E-state index is -3.67. The van der Waals surface area contributed by atoms with Gasteiger partial charge in [0, 0.05) is 49.2 Å². The smallest absolute Gasteiger partial charge is 0.283 e. The first-order chi connectivity index (χ1) is 23.4. The van der Waals surface area contributed by atoms with Gasteiger partial charge in [-0.25, -0.2) is 9.97 Å². The van der Waals surface area contributed by atoms with Crippen LogP contribution in [-0.4, -0.2) is 95.4 Å². The highest BCUT2D eigenvalue weighted by Crippen LogP contribution is 2.32. The quantitative estimate of drug-likeness (QED) is 0.158. The van der Waals surface area contributed by atoms with Crippen molar-refractivity contribution in [2.75, 3.05) is 62.1 Å². The number of rotatable bonds is 8. The van der Waals surface area contributed by atoms with E-state index in [1.807, 2.05) is 48.5 Å². The van der Waals surface area contributed by atoms with E-state index in [1.54, 1.807) is 37.6 Å². The molecule has 5 N–H and O–H groups in total. The number of hydrogen-bond acceptors (Lipinski definition) is 11. The molecule has 1 aliphatic rings. The molecule has 50 heavy (non-hydrogen) atoms. The molecule has 1 saturated heterocycles. The van der Waals surface area contributed by atoms with Crippen LogP contribution >= 0.6 is 0 Å². The van der Waals surface area contributed by atoms with Gasteiger partial charge in [0.2, 0.25) is 11.9 Å². The van der Waals surface area contributed by atoms with Crippen molar-refractivity contribution in [3.63, 3.8) is 0 Å². The summed E-state index contributed by atoms with van der Waals surface area (Å²) in [5, 5.41) is 6.01. The summed E-state index contributed by atoms with van der Waals surface area (Å²) in [5.74, 6) is 0.549. The van der Waals surface area contributed by atoms with Crippen molar-refractivity contribution in [3.8, 4) is 22.7 Å². The topological polar surface area (TPSA) is 203 Å². The van der Waals surface area contributed by atoms with Crippen LogP contribution in [-0.2, 0) is 14.9 Å². The third kappa shape index (κ3) is 9.26. The van der Waals surface area contributed by atoms with Gasteiger partial charge < -0.3 is 30.6 Å². The zero-order valence-electron chi connectivity index (χ0n) is 27.7. The van der Waals surface area contributed by atoms with Crippen molar-refractivity contribution in [2.45, 2.75) is 0 Å². The Balaban J connectivity index is 0.000000875. The lowest BCUT2D eigenvalue weighted by atomic mass is 10.1. The predicted molar refractivity (Wildman–Crippen MR) is 194 cm³/mol. The van der Waals surface area contributed by atoms with Crippen molar-refractivity contribution in [3.05, 3.63) is 102 Å². The third-order valence-corrected chi connectivity index (χ3v) is 7.50. The first kappa shape index (κ1) is 37.1. The summed E-state index contributed by atoms with van der Waals surface area (Å²) in [6, 6.07) is 22.2. The van der Waals surface area contributed by atoms with E-state index in [1.165, 1.54) is 10.6 Å². The zero-order valence-corrected chi connectivity index (χ0v) is 28.5. The van der Waals surface area contributed by atoms with E-state index in [0.717, 1.165) is 31.9 Å². The average Bonchev–Trinajstić information content (AvgIpc) is 3.08. The maximum Gasteiger partial charge on any atom is 0.283 e. The maximum absolute atomic E-state index is 14.0. The number of amides is 1. The number of nitrogens with one attached hydrogen (secondary N) is 2. The molecule has 0 unspecified atom stereocenters. The molecule has 16 heteroatoms. The van der Waals surface area contributed by atoms with Crippen LogP contribution in [0.1, 0.15) is 0 Å². The number of ether oxygens (including phenoxy) is 1. The standard InChI is InChI=1S/C33H32N8O3.CH4O3S.H2O/c1-4-29(42)35-23-11-8-12-25(19-23)41-31-27(36-30(32(41)43)22-9-6-5-7-10-22)21-34-33(38-31)37-26-14-13-24(20-28(26)44-3)40-17-15-39(2)16-18-40;1-5(2,3)4;/h4-14,19-21H,1,15-18H2,2-3H3,(H,35,42)(H,34,37,38);1H3,(H,2,3,4);1H2. The Kier molecular flexibility index (Phi) is 12.0. The van der Waals surface area contributed by atoms with Gasteiger partial charge in [-0.3, -0.25) is 18.7 Å². The molecule has 262 valence electrons. The number of anilines is 4. The van der Waals surface area contributed by atoms with Crippen molar-refractivity contribution >= 4 is 50.2 Å². The molecule has 1 aliphatic heterocycles. The van der Waals surface area contributed by atoms with Crippen LogP contribution in [0.15, 0.2) is 96.4 Å². The number of benzene rings is 3. The van der Waals surface area contributed by atoms with Crippen molar-refractivity contribution in [2.24, 2.45) is 0 Å². The average molecular weight is 703 g/mol. The van der Waals surface area contributed by atoms with Crippen LogP contribution < -0.4 is 25.8 Å². The van der Waals surface area contributed by atoms with E-state index < -0.39 is 10.1 Å². The highest BCUT2D eigenvalue weighted by Gasteiger charge is 2.19. The fourth-order valence-electron chi connectivity index (χ4n) is 5.15. The molecule has 1 amide bonds. The van der Waals surface area contributed by atoms with Gasteiger partial charge in [-0.15, -0.1) is 0 Å². The highest BCUT2D eigenvalue weighted by molar-refractivity contribution is 7.85. The van der Waals surface area contributed by atoms with Gasteiger partial charge in [-0.05, 0) is 43.5 Å². The summed E-state index contributed by atoms with van der Waals surface area (Å²) >= 11 is 0. The van der Waals surface area contributed by atoms with E-state index in [0.29, 0.717) is 45.8 Å². The monoisotopic (exact) mass is 702 g/mol. The van der Waals surface area contributed by atoms with E-state index in [9.17, 15) is 18.0 Å². The van der Waals surface area contributed by atoms with Crippen LogP contribution in [0, 0.1) is 0 Å². The van der Waals surface area contributed by atoms with Gasteiger partial charge >= 0.3 is 0 Å². The molecule has 0 aliphatic carbocycles. The van der Waals surface area contributed by atoms with Gasteiger partial charge in [-0.2, -0.15) is 13.4 Å². The Morgan fingerprint density at radius 2 is 1.68 bits per heavy atom. The van der Waals surface area contributed by atoms with E-state index in [-0.39, 0.29) is 28.6 Å². The largest absolute Gasteiger partial charge is 0.494 e. The number of aromatic nitrogens is 4. The molecule has 0 spiro atoms. The summed E-state index contributed by atoms with van der Waals surface area (Å²) in [7, 11) is 0.0871. The lowest BCUT2D eigenvalue weighted by molar-refractivity contribution is -0.111. The summed E-state index contributed by atoms with van der Waals surface area (Å²) in [5.41, 5.74) is 4.04. The molecular weight excluding hydrogens is 664 g/mol. The normalized spacial score (nSPS) is 13.0. The number of methoxy groups -OCH3 is 1. The molecule has 3 aromatic carbocycles. The Morgan fingerprint density at radius 3 is 2.34 bits per heavy atom. The molecule has 2 aromatic heterocycles. The Bertz CT molecular complexity index is 2150. The fourth-order valence-corrected chi connectivity index (χ4v) is 5.15. The second-order valence-electron chi connectivity index (χ2n) is 11.1. The van der Waals surface area contributed by atoms with Gasteiger partial charge in [0.15, 0.2) is 5.65 Å². The number of hydrogen-bond donors (Lipinski definition) is 3. The van der Waals surface area contributed by atoms with Gasteiger partial charge in [0.05, 0.1) is 30.9 Å². The van der Waals surface area contributed by atoms with E-state index in [4.69, 9.17) is 14.3 Å². The molecule has 0 radical (unpaired) electrons. The summed E-state index contributed by atoms with van der Waals surface area (Å²) in [4.78, 5) is 44.6. The van der Waals surface area contributed by atoms with Crippen LogP contribution in [0.4, 0.5) is 23.0 Å². The SMILES string of the molecule is C=CC(=O)Nc1cccc(-n2c(=O)c(-c3ccccc3)nc3cnc(Nc4ccc(N5CCN(C)CC5)cc4OC)nc32)c1.CS(=O)(=O)O.O. The number of piperazine rings is 1. The molecule has 5 aromatic rings. The lowest BCUT2D eigenvalue weighted by Gasteiger charge is -2.34. The molecule has 0 atom stereocenters. The highest BCUT2D eigenvalue weighted by atomic mass is 32.2. The number of nitrogens with zero attached hydrogens (tertiary/aromatic N) is 6. The molecule has 15 nitrogen and oxygen atoms in total. The number of likely N-dealkylation sites (N-methyl/N-ethyl adjacent to an activating group) is 1. The Labute approximate surface area is 288 Å². The minimum Gasteiger partial charge on any atom is -0.494 e. The zero-order chi connectivity index (χ0) is 35.1. The number of fused-ring (bicyclic) bond motifs is 1. The fraction of sp³-hybridized carbons (Fsp3) is 0.206. The van der Waals surface area contributed by atoms with Crippen LogP contribution in [0.5, 0.6) is 5.75 Å². The van der Waals surface area contributed by atoms with Gasteiger partial charge in [0.25, 0.3) is 15.7 Å². The van der Waals surface area contributed by atoms with Crippen molar-refractivity contribution in [1.82, 2.24) is 24.4 Å². The summed E-state index contributed by atoms with van der Waals surface area (Å²) in [6.45, 7) is 7.39. The third-order valence-electron chi connectivity index (χ3n) is 7.50. The second-order valence-corrected chi connectivity index (χ2v) is 12.6. The first-order valence-corrected chi connectivity index (χ1v) is 17.0. The van der Waals surface area contributed by atoms with Gasteiger partial charge in [-0.1, -0.05) is 43.0 Å². The summed E-state index contributed by atoms with van der Waals surface area (Å²) < 4.78 is 33.1. The Hall–Kier alpha value is -5.68. The number of carbonyl (C=O) groups excluding carboxylic acids is 1. The second kappa shape index (κ2) is 16.1. The first-order valence-electron chi connectivity index (χ1n) is 15.1. The molecule has 0 bridgehead atoms. The van der Waals surface area contributed by atoms with E-state index in [2.05, 4.69) is 44.0 Å². The summed E-state index contributed by atoms with van der Waals surface area (Å²) in [6.07, 6.45) is 3.49. The molecule has 0 saturated carbocycles. The van der Waals surface area contributed by atoms with Crippen molar-refractivity contribution < 1.29 is 28.0 Å². The lowest BCUT2D eigenvalue weighted by Crippen LogP contribution is -2.44. The van der Waals surface area contributed by atoms with Crippen molar-refractivity contribution in [1.29, 1.82) is 0 Å². The minimum absolute atomic E-state index is 0. The molecule has 6 rings (SSSR count). The molecule has 1 fully saturated rings. The molecule has 3 heterocycles. The number of carbonyl (C=O) groups is 1. The van der Waals surface area contributed by atoms with Gasteiger partial charge in [0.1, 0.15) is 17.0 Å².